The number of nitrogens with one attached hydrogen (secondary N) is 2. The average Bonchev–Trinajstić information content (AvgIpc) is 3.09. The molecule has 0 atom stereocenters. The Morgan fingerprint density at radius 3 is 2.03 bits per heavy atom. The molecule has 0 saturated carbocycles. The molecule has 2 amide bonds. The molecule has 2 aromatic carbocycles. The van der Waals surface area contributed by atoms with Gasteiger partial charge in [-0.1, -0.05) is 0 Å². The first kappa shape index (κ1) is 23.7. The number of aromatic nitrogens is 4. The summed E-state index contributed by atoms with van der Waals surface area (Å²) >= 11 is 0. The summed E-state index contributed by atoms with van der Waals surface area (Å²) in [5, 5.41) is 10.2. The van der Waals surface area contributed by atoms with Gasteiger partial charge in [0.15, 0.2) is 5.82 Å². The summed E-state index contributed by atoms with van der Waals surface area (Å²) in [6.45, 7) is 10.3. The molecule has 2 aromatic heterocycles. The average molecular weight is 473 g/mol. The highest BCUT2D eigenvalue weighted by Gasteiger charge is 2.13. The van der Waals surface area contributed by atoms with E-state index in [2.05, 4.69) is 25.7 Å². The molecular formula is C26H28N6O3. The summed E-state index contributed by atoms with van der Waals surface area (Å²) in [4.78, 5) is 21.2. The van der Waals surface area contributed by atoms with E-state index in [-0.39, 0.29) is 6.03 Å². The molecule has 35 heavy (non-hydrogen) atoms. The number of aryl methyl sites for hydroxylation is 2. The Bertz CT molecular complexity index is 1330. The van der Waals surface area contributed by atoms with Gasteiger partial charge in [0, 0.05) is 23.1 Å². The first-order chi connectivity index (χ1) is 16.8. The Hall–Kier alpha value is -4.40. The monoisotopic (exact) mass is 472 g/mol. The van der Waals surface area contributed by atoms with Crippen molar-refractivity contribution >= 4 is 17.4 Å². The molecule has 0 unspecified atom stereocenters. The number of hydrogen-bond acceptors (Lipinski definition) is 6. The summed E-state index contributed by atoms with van der Waals surface area (Å²) in [7, 11) is 0. The Kier molecular flexibility index (Phi) is 6.96. The second kappa shape index (κ2) is 10.3. The maximum atomic E-state index is 12.3. The zero-order valence-corrected chi connectivity index (χ0v) is 20.4. The maximum absolute atomic E-state index is 12.3. The fourth-order valence-corrected chi connectivity index (χ4v) is 3.45. The first-order valence-electron chi connectivity index (χ1n) is 11.3. The van der Waals surface area contributed by atoms with Crippen molar-refractivity contribution in [3.63, 3.8) is 0 Å². The van der Waals surface area contributed by atoms with E-state index in [1.807, 2.05) is 46.8 Å². The van der Waals surface area contributed by atoms with Gasteiger partial charge in [0.25, 0.3) is 0 Å². The third-order valence-corrected chi connectivity index (χ3v) is 5.43. The lowest BCUT2D eigenvalue weighted by Gasteiger charge is -2.11. The maximum Gasteiger partial charge on any atom is 0.323 e. The Balaban J connectivity index is 1.40. The van der Waals surface area contributed by atoms with Gasteiger partial charge in [0.1, 0.15) is 17.3 Å². The van der Waals surface area contributed by atoms with E-state index >= 15 is 0 Å². The molecule has 0 bridgehead atoms. The van der Waals surface area contributed by atoms with Crippen LogP contribution in [0, 0.1) is 27.7 Å². The first-order valence-corrected chi connectivity index (χ1v) is 11.3. The molecule has 0 aliphatic heterocycles. The van der Waals surface area contributed by atoms with Crippen LogP contribution >= 0.6 is 0 Å². The number of rotatable bonds is 7. The highest BCUT2D eigenvalue weighted by atomic mass is 16.5. The van der Waals surface area contributed by atoms with E-state index in [0.29, 0.717) is 41.3 Å². The minimum atomic E-state index is -0.348. The predicted octanol–water partition coefficient (Wildman–Crippen LogP) is 5.73. The molecule has 0 saturated heterocycles. The SMILES string of the molecule is CCOc1ccc(NC(=O)Nc2ccc(Oc3cc(-n4nc(C)c(C)c4C)nc(C)n3)cc2)cc1. The van der Waals surface area contributed by atoms with E-state index in [1.54, 1.807) is 47.1 Å². The van der Waals surface area contributed by atoms with Crippen molar-refractivity contribution in [3.05, 3.63) is 77.4 Å². The molecule has 180 valence electrons. The van der Waals surface area contributed by atoms with Crippen LogP contribution in [0.15, 0.2) is 54.6 Å². The summed E-state index contributed by atoms with van der Waals surface area (Å²) in [5.74, 6) is 2.96. The van der Waals surface area contributed by atoms with Crippen molar-refractivity contribution in [1.29, 1.82) is 0 Å². The molecule has 0 radical (unpaired) electrons. The fraction of sp³-hybridized carbons (Fsp3) is 0.231. The highest BCUT2D eigenvalue weighted by Crippen LogP contribution is 2.24. The summed E-state index contributed by atoms with van der Waals surface area (Å²) in [6.07, 6.45) is 0. The van der Waals surface area contributed by atoms with Gasteiger partial charge in [0.2, 0.25) is 5.88 Å². The van der Waals surface area contributed by atoms with E-state index < -0.39 is 0 Å². The largest absolute Gasteiger partial charge is 0.494 e. The molecule has 4 aromatic rings. The third-order valence-electron chi connectivity index (χ3n) is 5.43. The molecule has 9 nitrogen and oxygen atoms in total. The number of anilines is 2. The summed E-state index contributed by atoms with van der Waals surface area (Å²) in [6, 6.07) is 15.6. The van der Waals surface area contributed by atoms with Crippen LogP contribution in [0.1, 0.15) is 29.7 Å². The third kappa shape index (κ3) is 5.75. The topological polar surface area (TPSA) is 103 Å². The quantitative estimate of drug-likeness (QED) is 0.356. The van der Waals surface area contributed by atoms with Gasteiger partial charge in [0.05, 0.1) is 12.3 Å². The van der Waals surface area contributed by atoms with Crippen LogP contribution in [0.5, 0.6) is 17.4 Å². The van der Waals surface area contributed by atoms with Crippen molar-refractivity contribution in [2.24, 2.45) is 0 Å². The number of amides is 2. The number of nitrogens with zero attached hydrogens (tertiary/aromatic N) is 4. The molecule has 2 N–H and O–H groups in total. The molecule has 0 aliphatic rings. The van der Waals surface area contributed by atoms with E-state index in [4.69, 9.17) is 9.47 Å². The lowest BCUT2D eigenvalue weighted by molar-refractivity contribution is 0.262. The number of ether oxygens (including phenoxy) is 2. The van der Waals surface area contributed by atoms with Gasteiger partial charge in [-0.2, -0.15) is 10.1 Å². The van der Waals surface area contributed by atoms with Crippen LogP contribution in [0.25, 0.3) is 5.82 Å². The van der Waals surface area contributed by atoms with Gasteiger partial charge < -0.3 is 20.1 Å². The van der Waals surface area contributed by atoms with Crippen LogP contribution in [0.3, 0.4) is 0 Å². The van der Waals surface area contributed by atoms with Crippen LogP contribution in [0.4, 0.5) is 16.2 Å². The summed E-state index contributed by atoms with van der Waals surface area (Å²) < 4.78 is 13.2. The molecule has 2 heterocycles. The van der Waals surface area contributed by atoms with Gasteiger partial charge in [-0.15, -0.1) is 0 Å². The van der Waals surface area contributed by atoms with E-state index in [0.717, 1.165) is 22.7 Å². The van der Waals surface area contributed by atoms with Gasteiger partial charge in [-0.25, -0.2) is 14.5 Å². The van der Waals surface area contributed by atoms with Crippen molar-refractivity contribution in [1.82, 2.24) is 19.7 Å². The van der Waals surface area contributed by atoms with Crippen molar-refractivity contribution in [2.45, 2.75) is 34.6 Å². The number of hydrogen-bond donors (Lipinski definition) is 2. The van der Waals surface area contributed by atoms with Crippen LogP contribution in [-0.4, -0.2) is 32.4 Å². The predicted molar refractivity (Wildman–Crippen MR) is 135 cm³/mol. The van der Waals surface area contributed by atoms with Crippen molar-refractivity contribution in [3.8, 4) is 23.2 Å². The Labute approximate surface area is 204 Å². The lowest BCUT2D eigenvalue weighted by atomic mass is 10.2. The fourth-order valence-electron chi connectivity index (χ4n) is 3.45. The molecule has 0 fully saturated rings. The zero-order valence-electron chi connectivity index (χ0n) is 20.4. The molecule has 0 aliphatic carbocycles. The van der Waals surface area contributed by atoms with Crippen molar-refractivity contribution in [2.75, 3.05) is 17.2 Å². The van der Waals surface area contributed by atoms with Crippen LogP contribution in [-0.2, 0) is 0 Å². The second-order valence-corrected chi connectivity index (χ2v) is 7.98. The molecule has 4 rings (SSSR count). The van der Waals surface area contributed by atoms with E-state index in [9.17, 15) is 4.79 Å². The zero-order chi connectivity index (χ0) is 24.9. The lowest BCUT2D eigenvalue weighted by Crippen LogP contribution is -2.19. The highest BCUT2D eigenvalue weighted by molar-refractivity contribution is 5.99. The van der Waals surface area contributed by atoms with Crippen LogP contribution in [0.2, 0.25) is 0 Å². The van der Waals surface area contributed by atoms with E-state index in [1.165, 1.54) is 0 Å². The van der Waals surface area contributed by atoms with Crippen molar-refractivity contribution < 1.29 is 14.3 Å². The minimum absolute atomic E-state index is 0.348. The second-order valence-electron chi connectivity index (χ2n) is 7.98. The van der Waals surface area contributed by atoms with Gasteiger partial charge in [-0.05, 0) is 88.7 Å². The van der Waals surface area contributed by atoms with Gasteiger partial charge >= 0.3 is 6.03 Å². The van der Waals surface area contributed by atoms with Gasteiger partial charge in [-0.3, -0.25) is 0 Å². The van der Waals surface area contributed by atoms with Crippen LogP contribution < -0.4 is 20.1 Å². The normalized spacial score (nSPS) is 10.7. The number of carbonyl (C=O) groups is 1. The number of carbonyl (C=O) groups excluding carboxylic acids is 1. The standard InChI is InChI=1S/C26H28N6O3/c1-6-34-22-11-7-20(8-12-22)29-26(33)30-21-9-13-23(14-10-21)35-25-15-24(27-19(5)28-25)32-18(4)16(2)17(3)31-32/h7-15H,6H2,1-5H3,(H2,29,30,33). The number of urea groups is 1. The smallest absolute Gasteiger partial charge is 0.323 e. The minimum Gasteiger partial charge on any atom is -0.494 e. The Morgan fingerprint density at radius 1 is 0.886 bits per heavy atom. The molecule has 0 spiro atoms. The molecular weight excluding hydrogens is 444 g/mol. The summed E-state index contributed by atoms with van der Waals surface area (Å²) in [5.41, 5.74) is 4.39. The Morgan fingerprint density at radius 2 is 1.49 bits per heavy atom. The number of benzene rings is 2. The molecule has 9 heteroatoms.